The van der Waals surface area contributed by atoms with Crippen molar-refractivity contribution in [2.45, 2.75) is 20.8 Å². The summed E-state index contributed by atoms with van der Waals surface area (Å²) in [6.07, 6.45) is 1.62. The zero-order chi connectivity index (χ0) is 21.5. The van der Waals surface area contributed by atoms with Gasteiger partial charge in [0, 0.05) is 29.9 Å². The number of rotatable bonds is 8. The first kappa shape index (κ1) is 21.1. The summed E-state index contributed by atoms with van der Waals surface area (Å²) in [4.78, 5) is 14.8. The maximum absolute atomic E-state index is 12.5. The Hall–Kier alpha value is -3.61. The Bertz CT molecular complexity index is 1000. The minimum absolute atomic E-state index is 0.337. The number of anilines is 1. The average Bonchev–Trinajstić information content (AvgIpc) is 3.17. The van der Waals surface area contributed by atoms with E-state index in [1.807, 2.05) is 43.3 Å². The van der Waals surface area contributed by atoms with Gasteiger partial charge in [0.25, 0.3) is 5.91 Å². The van der Waals surface area contributed by atoms with Gasteiger partial charge in [0.2, 0.25) is 0 Å². The molecule has 156 valence electrons. The molecule has 3 rings (SSSR count). The van der Waals surface area contributed by atoms with Gasteiger partial charge < -0.3 is 9.64 Å². The maximum Gasteiger partial charge on any atom is 0.289 e. The zero-order valence-electron chi connectivity index (χ0n) is 17.8. The Balaban J connectivity index is 1.65. The van der Waals surface area contributed by atoms with E-state index in [1.54, 1.807) is 13.3 Å². The number of nitrogens with zero attached hydrogens (tertiary/aromatic N) is 3. The Morgan fingerprint density at radius 3 is 2.40 bits per heavy atom. The molecule has 1 heterocycles. The van der Waals surface area contributed by atoms with Crippen LogP contribution in [0.2, 0.25) is 0 Å². The van der Waals surface area contributed by atoms with Crippen LogP contribution in [-0.4, -0.2) is 42.5 Å². The molecule has 0 aliphatic carbocycles. The summed E-state index contributed by atoms with van der Waals surface area (Å²) in [6, 6.07) is 15.6. The third-order valence-corrected chi connectivity index (χ3v) is 5.00. The Morgan fingerprint density at radius 2 is 1.80 bits per heavy atom. The molecule has 0 atom stereocenters. The Labute approximate surface area is 176 Å². The summed E-state index contributed by atoms with van der Waals surface area (Å²) in [5.41, 5.74) is 7.40. The molecule has 0 saturated heterocycles. The van der Waals surface area contributed by atoms with Gasteiger partial charge in [-0.3, -0.25) is 9.89 Å². The van der Waals surface area contributed by atoms with Gasteiger partial charge in [-0.25, -0.2) is 5.43 Å². The van der Waals surface area contributed by atoms with Gasteiger partial charge in [-0.05, 0) is 62.7 Å². The molecule has 0 spiro atoms. The van der Waals surface area contributed by atoms with Crippen LogP contribution in [0, 0.1) is 6.92 Å². The number of methoxy groups -OCH3 is 1. The monoisotopic (exact) mass is 405 g/mol. The summed E-state index contributed by atoms with van der Waals surface area (Å²) in [7, 11) is 1.62. The molecular formula is C23H27N5O2. The van der Waals surface area contributed by atoms with E-state index in [1.165, 1.54) is 5.69 Å². The van der Waals surface area contributed by atoms with Crippen LogP contribution in [0.1, 0.15) is 35.5 Å². The van der Waals surface area contributed by atoms with Crippen molar-refractivity contribution in [1.82, 2.24) is 15.6 Å². The molecule has 0 radical (unpaired) electrons. The maximum atomic E-state index is 12.5. The van der Waals surface area contributed by atoms with E-state index >= 15 is 0 Å². The van der Waals surface area contributed by atoms with Crippen molar-refractivity contribution in [2.24, 2.45) is 5.10 Å². The van der Waals surface area contributed by atoms with E-state index in [-0.39, 0.29) is 5.91 Å². The number of hydrogen-bond acceptors (Lipinski definition) is 5. The molecule has 7 heteroatoms. The lowest BCUT2D eigenvalue weighted by atomic mass is 10.1. The van der Waals surface area contributed by atoms with Crippen molar-refractivity contribution < 1.29 is 9.53 Å². The molecule has 2 N–H and O–H groups in total. The SMILES string of the molecule is CCN(CC)c1ccc(/C=N/NC(=O)c2[nH]nc(-c3ccc(OC)cc3)c2C)cc1. The molecule has 0 fully saturated rings. The summed E-state index contributed by atoms with van der Waals surface area (Å²) in [5, 5.41) is 11.2. The van der Waals surface area contributed by atoms with E-state index in [4.69, 9.17) is 4.74 Å². The minimum Gasteiger partial charge on any atom is -0.497 e. The fraction of sp³-hybridized carbons (Fsp3) is 0.261. The highest BCUT2D eigenvalue weighted by atomic mass is 16.5. The lowest BCUT2D eigenvalue weighted by Crippen LogP contribution is -2.21. The summed E-state index contributed by atoms with van der Waals surface area (Å²) in [5.74, 6) is 0.431. The zero-order valence-corrected chi connectivity index (χ0v) is 17.8. The normalized spacial score (nSPS) is 10.9. The van der Waals surface area contributed by atoms with Crippen molar-refractivity contribution in [3.05, 3.63) is 65.4 Å². The van der Waals surface area contributed by atoms with Crippen molar-refractivity contribution >= 4 is 17.8 Å². The molecular weight excluding hydrogens is 378 g/mol. The lowest BCUT2D eigenvalue weighted by molar-refractivity contribution is 0.0949. The van der Waals surface area contributed by atoms with Crippen LogP contribution in [0.15, 0.2) is 53.6 Å². The average molecular weight is 406 g/mol. The smallest absolute Gasteiger partial charge is 0.289 e. The van der Waals surface area contributed by atoms with E-state index in [2.05, 4.69) is 51.6 Å². The van der Waals surface area contributed by atoms with Gasteiger partial charge >= 0.3 is 0 Å². The Morgan fingerprint density at radius 1 is 1.13 bits per heavy atom. The second kappa shape index (κ2) is 9.73. The molecule has 0 aliphatic rings. The number of aromatic amines is 1. The number of H-pyrrole nitrogens is 1. The predicted octanol–water partition coefficient (Wildman–Crippen LogP) is 4.00. The van der Waals surface area contributed by atoms with Crippen LogP contribution in [0.3, 0.4) is 0 Å². The summed E-state index contributed by atoms with van der Waals surface area (Å²) < 4.78 is 5.18. The molecule has 7 nitrogen and oxygen atoms in total. The standard InChI is InChI=1S/C23H27N5O2/c1-5-28(6-2)19-11-7-17(8-12-19)15-24-27-23(29)22-16(3)21(25-26-22)18-9-13-20(30-4)14-10-18/h7-15H,5-6H2,1-4H3,(H,25,26)(H,27,29)/b24-15+. The molecule has 0 unspecified atom stereocenters. The van der Waals surface area contributed by atoms with Gasteiger partial charge in [0.15, 0.2) is 0 Å². The number of carbonyl (C=O) groups excluding carboxylic acids is 1. The topological polar surface area (TPSA) is 82.6 Å². The molecule has 2 aromatic carbocycles. The summed E-state index contributed by atoms with van der Waals surface area (Å²) >= 11 is 0. The number of amides is 1. The van der Waals surface area contributed by atoms with Crippen LogP contribution in [0.5, 0.6) is 5.75 Å². The second-order valence-corrected chi connectivity index (χ2v) is 6.76. The number of aromatic nitrogens is 2. The van der Waals surface area contributed by atoms with Gasteiger partial charge in [-0.2, -0.15) is 10.2 Å². The van der Waals surface area contributed by atoms with Gasteiger partial charge in [0.1, 0.15) is 11.4 Å². The molecule has 0 bridgehead atoms. The largest absolute Gasteiger partial charge is 0.497 e. The number of ether oxygens (including phenoxy) is 1. The first-order valence-electron chi connectivity index (χ1n) is 9.95. The van der Waals surface area contributed by atoms with Crippen LogP contribution in [0.25, 0.3) is 11.3 Å². The number of nitrogens with one attached hydrogen (secondary N) is 2. The molecule has 1 aromatic heterocycles. The molecule has 0 aliphatic heterocycles. The highest BCUT2D eigenvalue weighted by molar-refractivity contribution is 5.96. The van der Waals surface area contributed by atoms with Crippen molar-refractivity contribution in [3.8, 4) is 17.0 Å². The van der Waals surface area contributed by atoms with E-state index in [0.717, 1.165) is 41.2 Å². The minimum atomic E-state index is -0.337. The molecule has 3 aromatic rings. The van der Waals surface area contributed by atoms with Crippen molar-refractivity contribution in [2.75, 3.05) is 25.1 Å². The quantitative estimate of drug-likeness (QED) is 0.438. The fourth-order valence-electron chi connectivity index (χ4n) is 3.23. The van der Waals surface area contributed by atoms with E-state index < -0.39 is 0 Å². The second-order valence-electron chi connectivity index (χ2n) is 6.76. The summed E-state index contributed by atoms with van der Waals surface area (Å²) in [6.45, 7) is 8.04. The number of hydrogen-bond donors (Lipinski definition) is 2. The third kappa shape index (κ3) is 4.68. The van der Waals surface area contributed by atoms with Crippen molar-refractivity contribution in [3.63, 3.8) is 0 Å². The number of hydrazone groups is 1. The molecule has 0 saturated carbocycles. The van der Waals surface area contributed by atoms with Crippen molar-refractivity contribution in [1.29, 1.82) is 0 Å². The fourth-order valence-corrected chi connectivity index (χ4v) is 3.23. The predicted molar refractivity (Wildman–Crippen MR) is 120 cm³/mol. The highest BCUT2D eigenvalue weighted by Gasteiger charge is 2.16. The highest BCUT2D eigenvalue weighted by Crippen LogP contribution is 2.25. The van der Waals surface area contributed by atoms with Crippen LogP contribution >= 0.6 is 0 Å². The number of benzene rings is 2. The lowest BCUT2D eigenvalue weighted by Gasteiger charge is -2.20. The molecule has 30 heavy (non-hydrogen) atoms. The first-order chi connectivity index (χ1) is 14.6. The van der Waals surface area contributed by atoms with Gasteiger partial charge in [-0.15, -0.1) is 0 Å². The van der Waals surface area contributed by atoms with Crippen LogP contribution in [-0.2, 0) is 0 Å². The number of carbonyl (C=O) groups is 1. The Kier molecular flexibility index (Phi) is 6.85. The van der Waals surface area contributed by atoms with Crippen LogP contribution in [0.4, 0.5) is 5.69 Å². The van der Waals surface area contributed by atoms with E-state index in [9.17, 15) is 4.79 Å². The van der Waals surface area contributed by atoms with Gasteiger partial charge in [-0.1, -0.05) is 12.1 Å². The first-order valence-corrected chi connectivity index (χ1v) is 9.95. The molecule has 1 amide bonds. The third-order valence-electron chi connectivity index (χ3n) is 5.00. The van der Waals surface area contributed by atoms with E-state index in [0.29, 0.717) is 5.69 Å². The van der Waals surface area contributed by atoms with Gasteiger partial charge in [0.05, 0.1) is 19.0 Å². The van der Waals surface area contributed by atoms with Crippen LogP contribution < -0.4 is 15.1 Å².